The van der Waals surface area contributed by atoms with Crippen molar-refractivity contribution in [2.24, 2.45) is 5.92 Å². The van der Waals surface area contributed by atoms with Gasteiger partial charge in [-0.15, -0.1) is 0 Å². The van der Waals surface area contributed by atoms with Crippen LogP contribution in [0.5, 0.6) is 0 Å². The summed E-state index contributed by atoms with van der Waals surface area (Å²) < 4.78 is 10.9. The molecule has 0 aromatic rings. The van der Waals surface area contributed by atoms with Crippen LogP contribution in [0.4, 0.5) is 0 Å². The summed E-state index contributed by atoms with van der Waals surface area (Å²) in [6.45, 7) is 4.93. The van der Waals surface area contributed by atoms with Gasteiger partial charge in [0.15, 0.2) is 0 Å². The molecule has 0 N–H and O–H groups in total. The van der Waals surface area contributed by atoms with Gasteiger partial charge >= 0.3 is 0 Å². The van der Waals surface area contributed by atoms with Gasteiger partial charge in [0.2, 0.25) is 17.7 Å². The van der Waals surface area contributed by atoms with Crippen LogP contribution in [0.15, 0.2) is 0 Å². The monoisotopic (exact) mass is 394 g/mol. The molecule has 0 bridgehead atoms. The van der Waals surface area contributed by atoms with Gasteiger partial charge < -0.3 is 9.47 Å². The van der Waals surface area contributed by atoms with Crippen molar-refractivity contribution in [3.63, 3.8) is 0 Å². The van der Waals surface area contributed by atoms with E-state index in [4.69, 9.17) is 9.47 Å². The molecule has 28 heavy (non-hydrogen) atoms. The standard InChI is InChI=1S/C20H30N2O6/c1-3-9-28-16-11-18(24)22(20(16)26)15-8-6-5-7-14(15)21-17(23)10-13(19(21)25)12-27-4-2/h13-16H,3-12H2,1-2H3. The van der Waals surface area contributed by atoms with E-state index in [1.54, 1.807) is 0 Å². The van der Waals surface area contributed by atoms with E-state index in [2.05, 4.69) is 0 Å². The van der Waals surface area contributed by atoms with Crippen LogP contribution < -0.4 is 0 Å². The number of hydrogen-bond donors (Lipinski definition) is 0. The molecular formula is C20H30N2O6. The van der Waals surface area contributed by atoms with Crippen LogP contribution in [0.3, 0.4) is 0 Å². The second-order valence-corrected chi connectivity index (χ2v) is 7.75. The minimum Gasteiger partial charge on any atom is -0.381 e. The highest BCUT2D eigenvalue weighted by molar-refractivity contribution is 6.06. The quantitative estimate of drug-likeness (QED) is 0.576. The summed E-state index contributed by atoms with van der Waals surface area (Å²) in [6.07, 6.45) is 3.13. The van der Waals surface area contributed by atoms with Crippen molar-refractivity contribution >= 4 is 23.6 Å². The second kappa shape index (κ2) is 9.13. The Morgan fingerprint density at radius 3 is 2.11 bits per heavy atom. The molecule has 1 aliphatic carbocycles. The van der Waals surface area contributed by atoms with E-state index in [0.717, 1.165) is 19.3 Å². The van der Waals surface area contributed by atoms with Gasteiger partial charge in [0, 0.05) is 19.6 Å². The molecular weight excluding hydrogens is 364 g/mol. The second-order valence-electron chi connectivity index (χ2n) is 7.75. The fourth-order valence-electron chi connectivity index (χ4n) is 4.51. The Hall–Kier alpha value is -1.80. The SMILES string of the molecule is CCCOC1CC(=O)N(C2CCCCC2N2C(=O)CC(COCC)C2=O)C1=O. The van der Waals surface area contributed by atoms with Crippen LogP contribution in [0.25, 0.3) is 0 Å². The van der Waals surface area contributed by atoms with E-state index in [1.165, 1.54) is 9.80 Å². The van der Waals surface area contributed by atoms with E-state index in [1.807, 2.05) is 13.8 Å². The van der Waals surface area contributed by atoms with Gasteiger partial charge in [-0.3, -0.25) is 29.0 Å². The minimum absolute atomic E-state index is 0.0386. The number of likely N-dealkylation sites (tertiary alicyclic amines) is 2. The third-order valence-electron chi connectivity index (χ3n) is 5.82. The Balaban J connectivity index is 1.77. The molecule has 0 spiro atoms. The Kier molecular flexibility index (Phi) is 6.82. The van der Waals surface area contributed by atoms with E-state index < -0.39 is 24.1 Å². The predicted molar refractivity (Wildman–Crippen MR) is 99.0 cm³/mol. The van der Waals surface area contributed by atoms with Crippen LogP contribution in [0.1, 0.15) is 58.8 Å². The van der Waals surface area contributed by atoms with Crippen molar-refractivity contribution in [3.05, 3.63) is 0 Å². The summed E-state index contributed by atoms with van der Waals surface area (Å²) in [6, 6.07) is -0.902. The first-order valence-corrected chi connectivity index (χ1v) is 10.4. The number of carbonyl (C=O) groups is 4. The highest BCUT2D eigenvalue weighted by atomic mass is 16.5. The number of ether oxygens (including phenoxy) is 2. The summed E-state index contributed by atoms with van der Waals surface area (Å²) in [5.74, 6) is -1.55. The van der Waals surface area contributed by atoms with Crippen LogP contribution >= 0.6 is 0 Å². The summed E-state index contributed by atoms with van der Waals surface area (Å²) in [4.78, 5) is 53.5. The normalized spacial score (nSPS) is 31.4. The molecule has 0 radical (unpaired) electrons. The van der Waals surface area contributed by atoms with Gasteiger partial charge in [-0.1, -0.05) is 19.8 Å². The third-order valence-corrected chi connectivity index (χ3v) is 5.82. The molecule has 4 atom stereocenters. The van der Waals surface area contributed by atoms with Gasteiger partial charge in [0.1, 0.15) is 6.10 Å². The van der Waals surface area contributed by atoms with Crippen molar-refractivity contribution < 1.29 is 28.7 Å². The largest absolute Gasteiger partial charge is 0.381 e. The molecule has 4 amide bonds. The number of nitrogens with zero attached hydrogens (tertiary/aromatic N) is 2. The predicted octanol–water partition coefficient (Wildman–Crippen LogP) is 1.26. The fourth-order valence-corrected chi connectivity index (χ4v) is 4.51. The average Bonchev–Trinajstić information content (AvgIpc) is 3.12. The molecule has 4 unspecified atom stereocenters. The molecule has 8 heteroatoms. The van der Waals surface area contributed by atoms with Gasteiger partial charge in [-0.2, -0.15) is 0 Å². The van der Waals surface area contributed by atoms with Gasteiger partial charge in [0.25, 0.3) is 5.91 Å². The van der Waals surface area contributed by atoms with Crippen LogP contribution in [0, 0.1) is 5.92 Å². The van der Waals surface area contributed by atoms with Crippen LogP contribution in [-0.2, 0) is 28.7 Å². The van der Waals surface area contributed by atoms with E-state index >= 15 is 0 Å². The maximum absolute atomic E-state index is 12.9. The van der Waals surface area contributed by atoms with Crippen LogP contribution in [-0.4, -0.2) is 71.4 Å². The molecule has 0 aromatic heterocycles. The lowest BCUT2D eigenvalue weighted by atomic mass is 9.88. The molecule has 2 saturated heterocycles. The van der Waals surface area contributed by atoms with Gasteiger partial charge in [-0.05, 0) is 26.2 Å². The summed E-state index contributed by atoms with van der Waals surface area (Å²) in [7, 11) is 0. The van der Waals surface area contributed by atoms with Crippen molar-refractivity contribution in [1.82, 2.24) is 9.80 Å². The molecule has 0 aromatic carbocycles. The van der Waals surface area contributed by atoms with E-state index in [0.29, 0.717) is 26.1 Å². The Bertz CT molecular complexity index is 582. The molecule has 3 aliphatic rings. The lowest BCUT2D eigenvalue weighted by Gasteiger charge is -2.40. The zero-order chi connectivity index (χ0) is 20.3. The zero-order valence-electron chi connectivity index (χ0n) is 16.7. The topological polar surface area (TPSA) is 93.2 Å². The summed E-state index contributed by atoms with van der Waals surface area (Å²) in [5, 5.41) is 0. The van der Waals surface area contributed by atoms with E-state index in [9.17, 15) is 19.2 Å². The highest BCUT2D eigenvalue weighted by Gasteiger charge is 2.51. The summed E-state index contributed by atoms with van der Waals surface area (Å²) in [5.41, 5.74) is 0. The molecule has 8 nitrogen and oxygen atoms in total. The number of imide groups is 2. The first-order valence-electron chi connectivity index (χ1n) is 10.4. The maximum Gasteiger partial charge on any atom is 0.259 e. The van der Waals surface area contributed by atoms with Gasteiger partial charge in [-0.25, -0.2) is 0 Å². The van der Waals surface area contributed by atoms with Crippen molar-refractivity contribution in [1.29, 1.82) is 0 Å². The Morgan fingerprint density at radius 1 is 0.893 bits per heavy atom. The van der Waals surface area contributed by atoms with Crippen molar-refractivity contribution in [2.45, 2.75) is 77.0 Å². The smallest absolute Gasteiger partial charge is 0.259 e. The highest BCUT2D eigenvalue weighted by Crippen LogP contribution is 2.35. The Morgan fingerprint density at radius 2 is 1.50 bits per heavy atom. The minimum atomic E-state index is -0.745. The zero-order valence-corrected chi connectivity index (χ0v) is 16.7. The molecule has 3 fully saturated rings. The first kappa shape index (κ1) is 20.9. The fraction of sp³-hybridized carbons (Fsp3) is 0.800. The number of hydrogen-bond acceptors (Lipinski definition) is 6. The van der Waals surface area contributed by atoms with Crippen molar-refractivity contribution in [2.75, 3.05) is 19.8 Å². The summed E-state index contributed by atoms with van der Waals surface area (Å²) >= 11 is 0. The Labute approximate surface area is 165 Å². The first-order chi connectivity index (χ1) is 13.5. The van der Waals surface area contributed by atoms with Gasteiger partial charge in [0.05, 0.1) is 31.0 Å². The van der Waals surface area contributed by atoms with Crippen molar-refractivity contribution in [3.8, 4) is 0 Å². The molecule has 156 valence electrons. The number of rotatable bonds is 8. The number of carbonyl (C=O) groups excluding carboxylic acids is 4. The molecule has 1 saturated carbocycles. The molecule has 3 rings (SSSR count). The maximum atomic E-state index is 12.9. The van der Waals surface area contributed by atoms with E-state index in [-0.39, 0.29) is 43.1 Å². The molecule has 2 heterocycles. The lowest BCUT2D eigenvalue weighted by molar-refractivity contribution is -0.154. The molecule has 2 aliphatic heterocycles. The average molecular weight is 394 g/mol. The van der Waals surface area contributed by atoms with Crippen LogP contribution in [0.2, 0.25) is 0 Å². The lowest BCUT2D eigenvalue weighted by Crippen LogP contribution is -2.57. The number of amides is 4. The third kappa shape index (κ3) is 3.98.